The lowest BCUT2D eigenvalue weighted by atomic mass is 9.97. The number of piperidine rings is 1. The number of para-hydroxylation sites is 1. The van der Waals surface area contributed by atoms with Crippen LogP contribution in [-0.2, 0) is 21.2 Å². The Morgan fingerprint density at radius 1 is 1.20 bits per heavy atom. The summed E-state index contributed by atoms with van der Waals surface area (Å²) in [5.74, 6) is -0.146. The Morgan fingerprint density at radius 3 is 2.73 bits per heavy atom. The molecule has 0 aromatic heterocycles. The number of fused-ring (bicyclic) bond motifs is 1. The molecule has 160 valence electrons. The molecule has 2 heterocycles. The van der Waals surface area contributed by atoms with Gasteiger partial charge in [-0.15, -0.1) is 0 Å². The van der Waals surface area contributed by atoms with Gasteiger partial charge in [0.25, 0.3) is 0 Å². The first-order valence-electron chi connectivity index (χ1n) is 10.1. The fourth-order valence-electron chi connectivity index (χ4n) is 4.45. The van der Waals surface area contributed by atoms with Gasteiger partial charge in [-0.1, -0.05) is 29.8 Å². The number of methoxy groups -OCH3 is 1. The van der Waals surface area contributed by atoms with Crippen molar-refractivity contribution in [1.82, 2.24) is 4.31 Å². The van der Waals surface area contributed by atoms with Gasteiger partial charge in [0.1, 0.15) is 10.6 Å². The highest BCUT2D eigenvalue weighted by Gasteiger charge is 2.39. The van der Waals surface area contributed by atoms with Gasteiger partial charge < -0.3 is 9.64 Å². The van der Waals surface area contributed by atoms with Gasteiger partial charge in [0.15, 0.2) is 0 Å². The number of carbonyl (C=O) groups excluding carboxylic acids is 1. The van der Waals surface area contributed by atoms with Crippen LogP contribution >= 0.6 is 11.6 Å². The van der Waals surface area contributed by atoms with Crippen molar-refractivity contribution in [2.75, 3.05) is 25.1 Å². The Morgan fingerprint density at radius 2 is 1.97 bits per heavy atom. The normalized spacial score (nSPS) is 22.0. The molecule has 0 N–H and O–H groups in total. The van der Waals surface area contributed by atoms with Crippen LogP contribution in [0.3, 0.4) is 0 Å². The molecule has 0 unspecified atom stereocenters. The van der Waals surface area contributed by atoms with E-state index in [2.05, 4.69) is 0 Å². The number of carbonyl (C=O) groups is 1. The lowest BCUT2D eigenvalue weighted by molar-refractivity contribution is -0.123. The summed E-state index contributed by atoms with van der Waals surface area (Å²) in [5, 5.41) is 0.321. The summed E-state index contributed by atoms with van der Waals surface area (Å²) in [4.78, 5) is 15.3. The Kier molecular flexibility index (Phi) is 5.79. The van der Waals surface area contributed by atoms with Crippen LogP contribution in [0, 0.1) is 5.92 Å². The summed E-state index contributed by atoms with van der Waals surface area (Å²) in [6, 6.07) is 12.5. The molecule has 2 aliphatic heterocycles. The lowest BCUT2D eigenvalue weighted by Gasteiger charge is -2.34. The minimum Gasteiger partial charge on any atom is -0.495 e. The first-order chi connectivity index (χ1) is 14.3. The predicted octanol–water partition coefficient (Wildman–Crippen LogP) is 3.73. The summed E-state index contributed by atoms with van der Waals surface area (Å²) >= 11 is 6.05. The smallest absolute Gasteiger partial charge is 0.246 e. The fourth-order valence-corrected chi connectivity index (χ4v) is 6.39. The van der Waals surface area contributed by atoms with Crippen LogP contribution in [0.4, 0.5) is 5.69 Å². The van der Waals surface area contributed by atoms with Crippen molar-refractivity contribution in [3.63, 3.8) is 0 Å². The maximum atomic E-state index is 13.4. The number of anilines is 1. The molecule has 2 atom stereocenters. The molecule has 1 saturated heterocycles. The number of rotatable bonds is 4. The zero-order valence-corrected chi connectivity index (χ0v) is 18.6. The minimum absolute atomic E-state index is 0.00888. The fraction of sp³-hybridized carbons (Fsp3) is 0.409. The van der Waals surface area contributed by atoms with E-state index in [-0.39, 0.29) is 35.1 Å². The molecule has 30 heavy (non-hydrogen) atoms. The number of nitrogens with zero attached hydrogens (tertiary/aromatic N) is 2. The van der Waals surface area contributed by atoms with Gasteiger partial charge in [-0.3, -0.25) is 4.79 Å². The van der Waals surface area contributed by atoms with Crippen molar-refractivity contribution in [2.24, 2.45) is 5.92 Å². The number of benzene rings is 2. The maximum Gasteiger partial charge on any atom is 0.246 e. The number of hydrogen-bond donors (Lipinski definition) is 0. The molecule has 0 saturated carbocycles. The SMILES string of the molecule is COc1ccc(Cl)cc1S(=O)(=O)N1CCC[C@@H](C(=O)N2c3ccccc3C[C@H]2C)C1. The lowest BCUT2D eigenvalue weighted by Crippen LogP contribution is -2.48. The van der Waals surface area contributed by atoms with E-state index in [0.717, 1.165) is 17.7 Å². The van der Waals surface area contributed by atoms with E-state index in [0.29, 0.717) is 24.4 Å². The van der Waals surface area contributed by atoms with Crippen LogP contribution in [0.5, 0.6) is 5.75 Å². The van der Waals surface area contributed by atoms with Crippen molar-refractivity contribution in [1.29, 1.82) is 0 Å². The van der Waals surface area contributed by atoms with Crippen LogP contribution in [0.2, 0.25) is 5.02 Å². The Labute approximate surface area is 182 Å². The minimum atomic E-state index is -3.84. The standard InChI is InChI=1S/C22H25ClN2O4S/c1-15-12-16-6-3-4-8-19(16)25(15)22(26)17-7-5-11-24(14-17)30(27,28)21-13-18(23)9-10-20(21)29-2/h3-4,6,8-10,13,15,17H,5,7,11-12,14H2,1-2H3/t15-,17-/m1/s1. The third kappa shape index (κ3) is 3.70. The monoisotopic (exact) mass is 448 g/mol. The molecule has 1 fully saturated rings. The first kappa shape index (κ1) is 21.2. The van der Waals surface area contributed by atoms with E-state index in [1.54, 1.807) is 12.1 Å². The zero-order valence-electron chi connectivity index (χ0n) is 17.0. The highest BCUT2D eigenvalue weighted by atomic mass is 35.5. The van der Waals surface area contributed by atoms with E-state index in [1.807, 2.05) is 36.1 Å². The molecule has 0 radical (unpaired) electrons. The molecule has 1 amide bonds. The Balaban J connectivity index is 1.60. The molecule has 4 rings (SSSR count). The summed E-state index contributed by atoms with van der Waals surface area (Å²) in [7, 11) is -2.41. The molecule has 2 aromatic rings. The van der Waals surface area contributed by atoms with Crippen molar-refractivity contribution >= 4 is 33.2 Å². The summed E-state index contributed by atoms with van der Waals surface area (Å²) < 4.78 is 33.3. The summed E-state index contributed by atoms with van der Waals surface area (Å²) in [6.07, 6.45) is 2.11. The van der Waals surface area contributed by atoms with Crippen LogP contribution in [-0.4, -0.2) is 44.9 Å². The van der Waals surface area contributed by atoms with Crippen LogP contribution in [0.25, 0.3) is 0 Å². The molecular weight excluding hydrogens is 424 g/mol. The average molecular weight is 449 g/mol. The van der Waals surface area contributed by atoms with Crippen molar-refractivity contribution in [2.45, 2.75) is 37.1 Å². The number of hydrogen-bond acceptors (Lipinski definition) is 4. The van der Waals surface area contributed by atoms with Crippen molar-refractivity contribution < 1.29 is 17.9 Å². The van der Waals surface area contributed by atoms with Crippen molar-refractivity contribution in [3.8, 4) is 5.75 Å². The number of amides is 1. The zero-order chi connectivity index (χ0) is 21.5. The van der Waals surface area contributed by atoms with Gasteiger partial charge in [-0.05, 0) is 56.0 Å². The van der Waals surface area contributed by atoms with E-state index in [1.165, 1.54) is 17.5 Å². The summed E-state index contributed by atoms with van der Waals surface area (Å²) in [6.45, 7) is 2.56. The molecule has 0 bridgehead atoms. The van der Waals surface area contributed by atoms with Gasteiger partial charge in [0, 0.05) is 29.8 Å². The molecule has 6 nitrogen and oxygen atoms in total. The van der Waals surface area contributed by atoms with Gasteiger partial charge in [0.05, 0.1) is 13.0 Å². The van der Waals surface area contributed by atoms with E-state index >= 15 is 0 Å². The molecule has 8 heteroatoms. The topological polar surface area (TPSA) is 66.9 Å². The number of halogens is 1. The molecule has 2 aliphatic rings. The Hall–Kier alpha value is -2.09. The molecule has 2 aromatic carbocycles. The third-order valence-corrected chi connectivity index (χ3v) is 8.04. The van der Waals surface area contributed by atoms with Gasteiger partial charge in [0.2, 0.25) is 15.9 Å². The molecular formula is C22H25ClN2O4S. The van der Waals surface area contributed by atoms with E-state index < -0.39 is 10.0 Å². The molecule has 0 spiro atoms. The molecule has 0 aliphatic carbocycles. The average Bonchev–Trinajstić information content (AvgIpc) is 3.09. The van der Waals surface area contributed by atoms with Crippen LogP contribution < -0.4 is 9.64 Å². The second kappa shape index (κ2) is 8.21. The van der Waals surface area contributed by atoms with Gasteiger partial charge >= 0.3 is 0 Å². The van der Waals surface area contributed by atoms with Crippen LogP contribution in [0.15, 0.2) is 47.4 Å². The van der Waals surface area contributed by atoms with E-state index in [4.69, 9.17) is 16.3 Å². The van der Waals surface area contributed by atoms with Crippen LogP contribution in [0.1, 0.15) is 25.3 Å². The second-order valence-electron chi connectivity index (χ2n) is 7.89. The summed E-state index contributed by atoms with van der Waals surface area (Å²) in [5.41, 5.74) is 2.09. The Bertz CT molecular complexity index is 1070. The quantitative estimate of drug-likeness (QED) is 0.714. The predicted molar refractivity (Wildman–Crippen MR) is 117 cm³/mol. The highest BCUT2D eigenvalue weighted by molar-refractivity contribution is 7.89. The maximum absolute atomic E-state index is 13.4. The van der Waals surface area contributed by atoms with Crippen molar-refractivity contribution in [3.05, 3.63) is 53.1 Å². The number of ether oxygens (including phenoxy) is 1. The number of sulfonamides is 1. The third-order valence-electron chi connectivity index (χ3n) is 5.92. The van der Waals surface area contributed by atoms with E-state index in [9.17, 15) is 13.2 Å². The highest BCUT2D eigenvalue weighted by Crippen LogP contribution is 2.36. The second-order valence-corrected chi connectivity index (χ2v) is 10.2. The van der Waals surface area contributed by atoms with Gasteiger partial charge in [-0.25, -0.2) is 8.42 Å². The van der Waals surface area contributed by atoms with Gasteiger partial charge in [-0.2, -0.15) is 4.31 Å². The first-order valence-corrected chi connectivity index (χ1v) is 11.9. The largest absolute Gasteiger partial charge is 0.495 e.